The number of halogens is 1. The van der Waals surface area contributed by atoms with Gasteiger partial charge in [-0.1, -0.05) is 11.6 Å². The summed E-state index contributed by atoms with van der Waals surface area (Å²) in [5, 5.41) is 3.53. The minimum atomic E-state index is -0.173. The number of nitrogens with one attached hydrogen (secondary N) is 1. The number of methoxy groups -OCH3 is 2. The molecule has 0 radical (unpaired) electrons. The lowest BCUT2D eigenvalue weighted by Gasteiger charge is -2.09. The molecule has 0 aliphatic carbocycles. The van der Waals surface area contributed by atoms with E-state index >= 15 is 0 Å². The fourth-order valence-electron chi connectivity index (χ4n) is 2.52. The molecule has 3 rings (SSSR count). The Labute approximate surface area is 150 Å². The predicted molar refractivity (Wildman–Crippen MR) is 95.8 cm³/mol. The lowest BCUT2D eigenvalue weighted by atomic mass is 10.2. The zero-order chi connectivity index (χ0) is 17.8. The van der Waals surface area contributed by atoms with Crippen molar-refractivity contribution in [3.8, 4) is 11.5 Å². The van der Waals surface area contributed by atoms with E-state index in [1.165, 1.54) is 7.11 Å². The van der Waals surface area contributed by atoms with Crippen LogP contribution in [0.4, 0.5) is 0 Å². The number of carbonyl (C=O) groups is 1. The zero-order valence-electron chi connectivity index (χ0n) is 14.0. The average Bonchev–Trinajstić information content (AvgIpc) is 3.02. The summed E-state index contributed by atoms with van der Waals surface area (Å²) in [4.78, 5) is 16.8. The van der Waals surface area contributed by atoms with Gasteiger partial charge in [-0.25, -0.2) is 4.98 Å². The van der Waals surface area contributed by atoms with Crippen LogP contribution in [0.25, 0.3) is 5.65 Å². The van der Waals surface area contributed by atoms with Gasteiger partial charge < -0.3 is 19.2 Å². The third-order valence-corrected chi connectivity index (χ3v) is 4.00. The molecule has 0 aliphatic rings. The highest BCUT2D eigenvalue weighted by atomic mass is 35.5. The minimum absolute atomic E-state index is 0.173. The molecule has 1 aromatic carbocycles. The van der Waals surface area contributed by atoms with E-state index in [2.05, 4.69) is 10.3 Å². The normalized spacial score (nSPS) is 10.7. The van der Waals surface area contributed by atoms with E-state index in [4.69, 9.17) is 21.1 Å². The molecule has 2 heterocycles. The van der Waals surface area contributed by atoms with Crippen molar-refractivity contribution in [1.29, 1.82) is 0 Å². The number of carbonyl (C=O) groups excluding carboxylic acids is 1. The molecule has 0 unspecified atom stereocenters. The second kappa shape index (κ2) is 7.44. The summed E-state index contributed by atoms with van der Waals surface area (Å²) in [5.41, 5.74) is 2.22. The molecule has 1 N–H and O–H groups in total. The number of benzene rings is 1. The molecule has 7 heteroatoms. The number of amides is 1. The van der Waals surface area contributed by atoms with E-state index in [1.54, 1.807) is 37.6 Å². The highest BCUT2D eigenvalue weighted by Gasteiger charge is 2.10. The van der Waals surface area contributed by atoms with Crippen LogP contribution in [-0.4, -0.2) is 36.1 Å². The molecule has 0 aliphatic heterocycles. The standard InChI is InChI=1S/C18H18ClN3O3/c1-24-15-5-3-12(9-16(15)25-2)18(23)20-8-7-14-11-22-10-13(19)4-6-17(22)21-14/h3-6,9-11H,7-8H2,1-2H3,(H,20,23). The largest absolute Gasteiger partial charge is 0.493 e. The van der Waals surface area contributed by atoms with Crippen molar-refractivity contribution in [3.63, 3.8) is 0 Å². The predicted octanol–water partition coefficient (Wildman–Crippen LogP) is 2.98. The topological polar surface area (TPSA) is 64.9 Å². The van der Waals surface area contributed by atoms with Gasteiger partial charge in [0.15, 0.2) is 11.5 Å². The molecule has 1 amide bonds. The Kier molecular flexibility index (Phi) is 5.09. The van der Waals surface area contributed by atoms with Crippen LogP contribution in [0.1, 0.15) is 16.1 Å². The molecule has 25 heavy (non-hydrogen) atoms. The van der Waals surface area contributed by atoms with Crippen molar-refractivity contribution in [3.05, 3.63) is 59.0 Å². The number of ether oxygens (including phenoxy) is 2. The van der Waals surface area contributed by atoms with Crippen LogP contribution in [0.2, 0.25) is 5.02 Å². The van der Waals surface area contributed by atoms with Gasteiger partial charge in [-0.15, -0.1) is 0 Å². The fourth-order valence-corrected chi connectivity index (χ4v) is 2.69. The van der Waals surface area contributed by atoms with Gasteiger partial charge in [0, 0.05) is 30.9 Å². The molecule has 0 atom stereocenters. The highest BCUT2D eigenvalue weighted by molar-refractivity contribution is 6.30. The van der Waals surface area contributed by atoms with Gasteiger partial charge in [0.05, 0.1) is 24.9 Å². The SMILES string of the molecule is COc1ccc(C(=O)NCCc2cn3cc(Cl)ccc3n2)cc1OC. The third-order valence-electron chi connectivity index (χ3n) is 3.78. The van der Waals surface area contributed by atoms with E-state index in [1.807, 2.05) is 16.7 Å². The minimum Gasteiger partial charge on any atom is -0.493 e. The number of fused-ring (bicyclic) bond motifs is 1. The van der Waals surface area contributed by atoms with Crippen molar-refractivity contribution < 1.29 is 14.3 Å². The molecule has 0 saturated carbocycles. The smallest absolute Gasteiger partial charge is 0.251 e. The first kappa shape index (κ1) is 17.1. The van der Waals surface area contributed by atoms with Crippen LogP contribution >= 0.6 is 11.6 Å². The monoisotopic (exact) mass is 359 g/mol. The molecule has 0 bridgehead atoms. The van der Waals surface area contributed by atoms with Gasteiger partial charge >= 0.3 is 0 Å². The quantitative estimate of drug-likeness (QED) is 0.735. The number of hydrogen-bond acceptors (Lipinski definition) is 4. The van der Waals surface area contributed by atoms with Crippen molar-refractivity contribution in [2.45, 2.75) is 6.42 Å². The molecule has 3 aromatic rings. The summed E-state index contributed by atoms with van der Waals surface area (Å²) < 4.78 is 12.3. The van der Waals surface area contributed by atoms with Crippen molar-refractivity contribution >= 4 is 23.2 Å². The fraction of sp³-hybridized carbons (Fsp3) is 0.222. The van der Waals surface area contributed by atoms with Gasteiger partial charge in [-0.2, -0.15) is 0 Å². The molecule has 130 valence electrons. The van der Waals surface area contributed by atoms with E-state index in [0.29, 0.717) is 35.1 Å². The van der Waals surface area contributed by atoms with Gasteiger partial charge in [-0.3, -0.25) is 4.79 Å². The molecule has 0 spiro atoms. The molecule has 2 aromatic heterocycles. The molecule has 6 nitrogen and oxygen atoms in total. The number of nitrogens with zero attached hydrogens (tertiary/aromatic N) is 2. The van der Waals surface area contributed by atoms with E-state index in [-0.39, 0.29) is 5.91 Å². The van der Waals surface area contributed by atoms with Crippen LogP contribution in [0.15, 0.2) is 42.7 Å². The molecular weight excluding hydrogens is 342 g/mol. The summed E-state index contributed by atoms with van der Waals surface area (Å²) in [7, 11) is 3.09. The Bertz CT molecular complexity index is 908. The summed E-state index contributed by atoms with van der Waals surface area (Å²) in [6, 6.07) is 8.71. The Morgan fingerprint density at radius 2 is 1.96 bits per heavy atom. The van der Waals surface area contributed by atoms with E-state index in [0.717, 1.165) is 11.3 Å². The Hall–Kier alpha value is -2.73. The maximum atomic E-state index is 12.3. The van der Waals surface area contributed by atoms with E-state index < -0.39 is 0 Å². The lowest BCUT2D eigenvalue weighted by Crippen LogP contribution is -2.25. The summed E-state index contributed by atoms with van der Waals surface area (Å²) in [6.07, 6.45) is 4.33. The Balaban J connectivity index is 1.62. The number of aromatic nitrogens is 2. The van der Waals surface area contributed by atoms with Gasteiger partial charge in [-0.05, 0) is 30.3 Å². The van der Waals surface area contributed by atoms with E-state index in [9.17, 15) is 4.79 Å². The number of imidazole rings is 1. The lowest BCUT2D eigenvalue weighted by molar-refractivity contribution is 0.0953. The van der Waals surface area contributed by atoms with Crippen LogP contribution in [0.3, 0.4) is 0 Å². The summed E-state index contributed by atoms with van der Waals surface area (Å²) >= 11 is 5.96. The van der Waals surface area contributed by atoms with Crippen LogP contribution in [-0.2, 0) is 6.42 Å². The van der Waals surface area contributed by atoms with Gasteiger partial charge in [0.1, 0.15) is 5.65 Å². The molecular formula is C18H18ClN3O3. The van der Waals surface area contributed by atoms with Gasteiger partial charge in [0.25, 0.3) is 5.91 Å². The van der Waals surface area contributed by atoms with Gasteiger partial charge in [0.2, 0.25) is 0 Å². The average molecular weight is 360 g/mol. The second-order valence-corrected chi connectivity index (χ2v) is 5.86. The number of rotatable bonds is 6. The Morgan fingerprint density at radius 3 is 2.72 bits per heavy atom. The number of hydrogen-bond donors (Lipinski definition) is 1. The summed E-state index contributed by atoms with van der Waals surface area (Å²) in [5.74, 6) is 0.933. The second-order valence-electron chi connectivity index (χ2n) is 5.42. The van der Waals surface area contributed by atoms with Crippen LogP contribution in [0, 0.1) is 0 Å². The summed E-state index contributed by atoms with van der Waals surface area (Å²) in [6.45, 7) is 0.477. The van der Waals surface area contributed by atoms with Crippen molar-refractivity contribution in [2.24, 2.45) is 0 Å². The maximum absolute atomic E-state index is 12.3. The van der Waals surface area contributed by atoms with Crippen LogP contribution < -0.4 is 14.8 Å². The van der Waals surface area contributed by atoms with Crippen molar-refractivity contribution in [1.82, 2.24) is 14.7 Å². The Morgan fingerprint density at radius 1 is 1.16 bits per heavy atom. The van der Waals surface area contributed by atoms with Crippen molar-refractivity contribution in [2.75, 3.05) is 20.8 Å². The zero-order valence-corrected chi connectivity index (χ0v) is 14.7. The van der Waals surface area contributed by atoms with Crippen LogP contribution in [0.5, 0.6) is 11.5 Å². The number of pyridine rings is 1. The highest BCUT2D eigenvalue weighted by Crippen LogP contribution is 2.27. The molecule has 0 saturated heterocycles. The third kappa shape index (κ3) is 3.85. The first-order chi connectivity index (χ1) is 12.1. The maximum Gasteiger partial charge on any atom is 0.251 e. The first-order valence-corrected chi connectivity index (χ1v) is 8.12. The molecule has 0 fully saturated rings. The first-order valence-electron chi connectivity index (χ1n) is 7.74.